The van der Waals surface area contributed by atoms with E-state index in [1.54, 1.807) is 4.68 Å². The van der Waals surface area contributed by atoms with E-state index in [4.69, 9.17) is 0 Å². The third-order valence-corrected chi connectivity index (χ3v) is 4.88. The minimum absolute atomic E-state index is 0.131. The van der Waals surface area contributed by atoms with Crippen molar-refractivity contribution in [2.75, 3.05) is 0 Å². The van der Waals surface area contributed by atoms with E-state index in [-0.39, 0.29) is 11.7 Å². The lowest BCUT2D eigenvalue weighted by Crippen LogP contribution is -2.24. The quantitative estimate of drug-likeness (QED) is 0.578. The Bertz CT molecular complexity index is 999. The van der Waals surface area contributed by atoms with Crippen LogP contribution in [0.4, 0.5) is 0 Å². The van der Waals surface area contributed by atoms with Gasteiger partial charge in [-0.25, -0.2) is 14.6 Å². The van der Waals surface area contributed by atoms with Gasteiger partial charge in [0, 0.05) is 16.6 Å². The molecule has 2 aromatic heterocycles. The number of aryl methyl sites for hydroxylation is 1. The Kier molecular flexibility index (Phi) is 4.76. The number of benzene rings is 2. The third-order valence-electron chi connectivity index (χ3n) is 3.91. The van der Waals surface area contributed by atoms with Crippen molar-refractivity contribution in [2.24, 2.45) is 0 Å². The lowest BCUT2D eigenvalue weighted by Gasteiger charge is -2.05. The number of hydrogen-bond donors (Lipinski definition) is 1. The van der Waals surface area contributed by atoms with E-state index in [9.17, 15) is 4.79 Å². The van der Waals surface area contributed by atoms with Crippen molar-refractivity contribution in [1.29, 1.82) is 0 Å². The van der Waals surface area contributed by atoms with Crippen molar-refractivity contribution < 1.29 is 4.79 Å². The summed E-state index contributed by atoms with van der Waals surface area (Å²) in [5.41, 5.74) is 2.68. The molecule has 4 aromatic rings. The molecule has 0 spiro atoms. The maximum Gasteiger partial charge on any atom is 0.291 e. The van der Waals surface area contributed by atoms with Crippen LogP contribution in [-0.2, 0) is 6.54 Å². The second kappa shape index (κ2) is 7.51. The number of para-hydroxylation sites is 1. The van der Waals surface area contributed by atoms with Gasteiger partial charge in [0.1, 0.15) is 5.01 Å². The second-order valence-electron chi connectivity index (χ2n) is 5.94. The fourth-order valence-electron chi connectivity index (χ4n) is 2.65. The molecule has 0 unspecified atom stereocenters. The fourth-order valence-corrected chi connectivity index (χ4v) is 3.36. The SMILES string of the molecule is Cc1csc(CNC(=O)c2nc(-c3ccccc3)n(-c3ccccc3)n2)n1. The minimum Gasteiger partial charge on any atom is -0.343 e. The molecule has 0 saturated heterocycles. The highest BCUT2D eigenvalue weighted by molar-refractivity contribution is 7.09. The maximum atomic E-state index is 12.6. The van der Waals surface area contributed by atoms with Gasteiger partial charge < -0.3 is 5.32 Å². The minimum atomic E-state index is -0.324. The number of thiazole rings is 1. The van der Waals surface area contributed by atoms with E-state index in [1.165, 1.54) is 11.3 Å². The van der Waals surface area contributed by atoms with Crippen LogP contribution in [0.25, 0.3) is 17.1 Å². The first-order chi connectivity index (χ1) is 13.2. The summed E-state index contributed by atoms with van der Waals surface area (Å²) in [6, 6.07) is 19.4. The second-order valence-corrected chi connectivity index (χ2v) is 6.88. The number of hydrogen-bond acceptors (Lipinski definition) is 5. The van der Waals surface area contributed by atoms with Crippen molar-refractivity contribution in [3.05, 3.63) is 82.6 Å². The van der Waals surface area contributed by atoms with Gasteiger partial charge >= 0.3 is 0 Å². The molecule has 2 heterocycles. The van der Waals surface area contributed by atoms with Crippen molar-refractivity contribution in [3.8, 4) is 17.1 Å². The molecule has 2 aromatic carbocycles. The van der Waals surface area contributed by atoms with E-state index >= 15 is 0 Å². The molecule has 0 atom stereocenters. The zero-order valence-corrected chi connectivity index (χ0v) is 15.5. The predicted molar refractivity (Wildman–Crippen MR) is 105 cm³/mol. The van der Waals surface area contributed by atoms with Crippen LogP contribution in [0.3, 0.4) is 0 Å². The Morgan fingerprint density at radius 2 is 1.74 bits per heavy atom. The van der Waals surface area contributed by atoms with Gasteiger partial charge in [0.2, 0.25) is 5.82 Å². The first kappa shape index (κ1) is 17.1. The Morgan fingerprint density at radius 1 is 1.04 bits per heavy atom. The summed E-state index contributed by atoms with van der Waals surface area (Å²) in [5.74, 6) is 0.428. The van der Waals surface area contributed by atoms with Crippen molar-refractivity contribution in [2.45, 2.75) is 13.5 Å². The van der Waals surface area contributed by atoms with Crippen LogP contribution in [0.2, 0.25) is 0 Å². The molecule has 1 N–H and O–H groups in total. The maximum absolute atomic E-state index is 12.6. The topological polar surface area (TPSA) is 72.7 Å². The Balaban J connectivity index is 1.65. The van der Waals surface area contributed by atoms with Gasteiger partial charge in [-0.1, -0.05) is 48.5 Å². The number of carbonyl (C=O) groups is 1. The van der Waals surface area contributed by atoms with E-state index in [0.717, 1.165) is 22.0 Å². The van der Waals surface area contributed by atoms with Gasteiger partial charge in [-0.2, -0.15) is 0 Å². The molecule has 0 saturated carbocycles. The molecule has 0 aliphatic carbocycles. The van der Waals surface area contributed by atoms with E-state index < -0.39 is 0 Å². The molecule has 6 nitrogen and oxygen atoms in total. The zero-order chi connectivity index (χ0) is 18.6. The molecule has 4 rings (SSSR count). The number of nitrogens with zero attached hydrogens (tertiary/aromatic N) is 4. The highest BCUT2D eigenvalue weighted by Gasteiger charge is 2.18. The van der Waals surface area contributed by atoms with Crippen molar-refractivity contribution in [1.82, 2.24) is 25.1 Å². The monoisotopic (exact) mass is 375 g/mol. The van der Waals surface area contributed by atoms with Crippen molar-refractivity contribution in [3.63, 3.8) is 0 Å². The van der Waals surface area contributed by atoms with Gasteiger partial charge in [-0.3, -0.25) is 4.79 Å². The summed E-state index contributed by atoms with van der Waals surface area (Å²) in [6.45, 7) is 2.29. The van der Waals surface area contributed by atoms with E-state index in [2.05, 4.69) is 20.4 Å². The lowest BCUT2D eigenvalue weighted by atomic mass is 10.2. The highest BCUT2D eigenvalue weighted by Crippen LogP contribution is 2.21. The van der Waals surface area contributed by atoms with Gasteiger partial charge in [0.25, 0.3) is 5.91 Å². The fraction of sp³-hybridized carbons (Fsp3) is 0.100. The average molecular weight is 375 g/mol. The number of rotatable bonds is 5. The summed E-state index contributed by atoms with van der Waals surface area (Å²) in [7, 11) is 0. The molecule has 0 fully saturated rings. The van der Waals surface area contributed by atoms with Crippen LogP contribution in [0.5, 0.6) is 0 Å². The van der Waals surface area contributed by atoms with Crippen LogP contribution >= 0.6 is 11.3 Å². The molecule has 0 aliphatic rings. The van der Waals surface area contributed by atoms with Gasteiger partial charge in [-0.15, -0.1) is 16.4 Å². The van der Waals surface area contributed by atoms with E-state index in [1.807, 2.05) is 73.0 Å². The van der Waals surface area contributed by atoms with Gasteiger partial charge in [0.15, 0.2) is 5.82 Å². The average Bonchev–Trinajstić information content (AvgIpc) is 3.34. The number of carbonyl (C=O) groups excluding carboxylic acids is 1. The highest BCUT2D eigenvalue weighted by atomic mass is 32.1. The number of aromatic nitrogens is 4. The van der Waals surface area contributed by atoms with E-state index in [0.29, 0.717) is 12.4 Å². The van der Waals surface area contributed by atoms with Gasteiger partial charge in [-0.05, 0) is 19.1 Å². The normalized spacial score (nSPS) is 10.7. The van der Waals surface area contributed by atoms with Crippen LogP contribution in [0, 0.1) is 6.92 Å². The first-order valence-corrected chi connectivity index (χ1v) is 9.36. The molecular weight excluding hydrogens is 358 g/mol. The molecule has 0 aliphatic heterocycles. The smallest absolute Gasteiger partial charge is 0.291 e. The first-order valence-electron chi connectivity index (χ1n) is 8.48. The van der Waals surface area contributed by atoms with Crippen molar-refractivity contribution >= 4 is 17.2 Å². The van der Waals surface area contributed by atoms with Crippen LogP contribution in [0.15, 0.2) is 66.0 Å². The van der Waals surface area contributed by atoms with Gasteiger partial charge in [0.05, 0.1) is 12.2 Å². The largest absolute Gasteiger partial charge is 0.343 e. The van der Waals surface area contributed by atoms with Crippen LogP contribution < -0.4 is 5.32 Å². The standard InChI is InChI=1S/C20H17N5OS/c1-14-13-27-17(22-14)12-21-20(26)18-23-19(15-8-4-2-5-9-15)25(24-18)16-10-6-3-7-11-16/h2-11,13H,12H2,1H3,(H,21,26). The third kappa shape index (κ3) is 3.78. The molecule has 27 heavy (non-hydrogen) atoms. The molecule has 1 amide bonds. The molecule has 134 valence electrons. The Hall–Kier alpha value is -3.32. The van der Waals surface area contributed by atoms with Crippen LogP contribution in [0.1, 0.15) is 21.3 Å². The summed E-state index contributed by atoms with van der Waals surface area (Å²) >= 11 is 1.52. The molecule has 0 bridgehead atoms. The number of amides is 1. The number of nitrogens with one attached hydrogen (secondary N) is 1. The lowest BCUT2D eigenvalue weighted by molar-refractivity contribution is 0.0940. The Labute approximate surface area is 160 Å². The summed E-state index contributed by atoms with van der Waals surface area (Å²) < 4.78 is 1.69. The van der Waals surface area contributed by atoms with Crippen LogP contribution in [-0.4, -0.2) is 25.7 Å². The summed E-state index contributed by atoms with van der Waals surface area (Å²) in [5, 5.41) is 10.1. The predicted octanol–water partition coefficient (Wildman–Crippen LogP) is 3.63. The Morgan fingerprint density at radius 3 is 2.41 bits per heavy atom. The molecule has 7 heteroatoms. The summed E-state index contributed by atoms with van der Waals surface area (Å²) in [4.78, 5) is 21.4. The zero-order valence-electron chi connectivity index (χ0n) is 14.7. The summed E-state index contributed by atoms with van der Waals surface area (Å²) in [6.07, 6.45) is 0. The molecule has 0 radical (unpaired) electrons. The molecular formula is C20H17N5OS.